The first-order valence-corrected chi connectivity index (χ1v) is 5.91. The number of alkyl halides is 3. The lowest BCUT2D eigenvalue weighted by atomic mass is 10.2. The van der Waals surface area contributed by atoms with Gasteiger partial charge >= 0.3 is 12.1 Å². The van der Waals surface area contributed by atoms with E-state index >= 15 is 0 Å². The van der Waals surface area contributed by atoms with Crippen LogP contribution in [0, 0.1) is 0 Å². The molecular formula is C12H14F3NO4. The third-order valence-corrected chi connectivity index (χ3v) is 2.61. The summed E-state index contributed by atoms with van der Waals surface area (Å²) in [6.07, 6.45) is -4.30. The molecule has 1 rings (SSSR count). The molecular weight excluding hydrogens is 279 g/mol. The molecule has 112 valence electrons. The highest BCUT2D eigenvalue weighted by atomic mass is 19.4. The van der Waals surface area contributed by atoms with Gasteiger partial charge in [-0.25, -0.2) is 4.79 Å². The van der Waals surface area contributed by atoms with Crippen LogP contribution in [-0.4, -0.2) is 41.1 Å². The van der Waals surface area contributed by atoms with Gasteiger partial charge in [0.05, 0.1) is 0 Å². The lowest BCUT2D eigenvalue weighted by Crippen LogP contribution is -2.38. The molecule has 0 aromatic carbocycles. The second-order valence-corrected chi connectivity index (χ2v) is 4.04. The van der Waals surface area contributed by atoms with Crippen LogP contribution in [0.5, 0.6) is 0 Å². The van der Waals surface area contributed by atoms with Gasteiger partial charge in [0, 0.05) is 19.0 Å². The number of carbonyl (C=O) groups is 2. The number of halogens is 3. The normalized spacial score (nSPS) is 11.4. The summed E-state index contributed by atoms with van der Waals surface area (Å²) in [6, 6.07) is 0.961. The minimum atomic E-state index is -4.53. The molecule has 20 heavy (non-hydrogen) atoms. The van der Waals surface area contributed by atoms with E-state index in [1.807, 2.05) is 0 Å². The molecule has 0 saturated carbocycles. The Balaban J connectivity index is 3.04. The fourth-order valence-electron chi connectivity index (χ4n) is 1.68. The van der Waals surface area contributed by atoms with Gasteiger partial charge in [-0.05, 0) is 6.92 Å². The number of amides is 1. The maximum Gasteiger partial charge on any atom is 0.406 e. The first kappa shape index (κ1) is 16.1. The third-order valence-electron chi connectivity index (χ3n) is 2.61. The van der Waals surface area contributed by atoms with Gasteiger partial charge in [0.2, 0.25) is 0 Å². The maximum atomic E-state index is 12.3. The van der Waals surface area contributed by atoms with Gasteiger partial charge in [-0.2, -0.15) is 13.2 Å². The second kappa shape index (κ2) is 5.98. The number of aryl methyl sites for hydroxylation is 1. The van der Waals surface area contributed by atoms with Crippen molar-refractivity contribution in [3.8, 4) is 0 Å². The highest BCUT2D eigenvalue weighted by Gasteiger charge is 2.34. The lowest BCUT2D eigenvalue weighted by Gasteiger charge is -2.20. The molecule has 0 bridgehead atoms. The predicted molar refractivity (Wildman–Crippen MR) is 62.7 cm³/mol. The van der Waals surface area contributed by atoms with Gasteiger partial charge in [0.25, 0.3) is 5.91 Å². The van der Waals surface area contributed by atoms with E-state index in [-0.39, 0.29) is 24.3 Å². The number of furan rings is 1. The Morgan fingerprint density at radius 1 is 1.35 bits per heavy atom. The third kappa shape index (κ3) is 3.75. The fraction of sp³-hybridized carbons (Fsp3) is 0.500. The Labute approximate surface area is 113 Å². The van der Waals surface area contributed by atoms with Gasteiger partial charge in [0.1, 0.15) is 17.9 Å². The van der Waals surface area contributed by atoms with Gasteiger partial charge in [0.15, 0.2) is 5.76 Å². The summed E-state index contributed by atoms with van der Waals surface area (Å²) < 4.78 is 42.0. The molecule has 0 aliphatic rings. The van der Waals surface area contributed by atoms with E-state index in [9.17, 15) is 22.8 Å². The highest BCUT2D eigenvalue weighted by Crippen LogP contribution is 2.21. The molecule has 0 aliphatic carbocycles. The van der Waals surface area contributed by atoms with Crippen LogP contribution >= 0.6 is 0 Å². The standard InChI is InChI=1S/C12H14F3NO4/c1-3-8-7(11(18)19)5-9(20-8)10(17)16(4-2)6-12(13,14)15/h5H,3-4,6H2,1-2H3,(H,18,19). The van der Waals surface area contributed by atoms with Crippen molar-refractivity contribution in [3.63, 3.8) is 0 Å². The van der Waals surface area contributed by atoms with E-state index in [0.717, 1.165) is 6.07 Å². The van der Waals surface area contributed by atoms with Crippen LogP contribution in [0.15, 0.2) is 10.5 Å². The Hall–Kier alpha value is -1.99. The van der Waals surface area contributed by atoms with E-state index < -0.39 is 30.4 Å². The minimum Gasteiger partial charge on any atom is -0.478 e. The molecule has 8 heteroatoms. The van der Waals surface area contributed by atoms with Crippen molar-refractivity contribution in [3.05, 3.63) is 23.2 Å². The van der Waals surface area contributed by atoms with Crippen molar-refractivity contribution >= 4 is 11.9 Å². The van der Waals surface area contributed by atoms with E-state index in [2.05, 4.69) is 0 Å². The maximum absolute atomic E-state index is 12.3. The molecule has 0 atom stereocenters. The molecule has 1 aromatic rings. The fourth-order valence-corrected chi connectivity index (χ4v) is 1.68. The monoisotopic (exact) mass is 293 g/mol. The highest BCUT2D eigenvalue weighted by molar-refractivity contribution is 5.96. The molecule has 1 amide bonds. The lowest BCUT2D eigenvalue weighted by molar-refractivity contribution is -0.140. The predicted octanol–water partition coefficient (Wildman–Crippen LogP) is 2.56. The minimum absolute atomic E-state index is 0.0592. The number of nitrogens with zero attached hydrogens (tertiary/aromatic N) is 1. The Kier molecular flexibility index (Phi) is 4.80. The molecule has 1 N–H and O–H groups in total. The van der Waals surface area contributed by atoms with Crippen molar-refractivity contribution in [2.75, 3.05) is 13.1 Å². The van der Waals surface area contributed by atoms with E-state index in [0.29, 0.717) is 4.90 Å². The van der Waals surface area contributed by atoms with Crippen molar-refractivity contribution in [1.82, 2.24) is 4.90 Å². The van der Waals surface area contributed by atoms with Gasteiger partial charge in [-0.1, -0.05) is 6.92 Å². The molecule has 0 aliphatic heterocycles. The van der Waals surface area contributed by atoms with Gasteiger partial charge in [-0.3, -0.25) is 4.79 Å². The van der Waals surface area contributed by atoms with Gasteiger partial charge in [-0.15, -0.1) is 0 Å². The SMILES string of the molecule is CCc1oc(C(=O)N(CC)CC(F)(F)F)cc1C(=O)O. The van der Waals surface area contributed by atoms with E-state index in [1.54, 1.807) is 6.92 Å². The summed E-state index contributed by atoms with van der Waals surface area (Å²) in [5.41, 5.74) is -0.209. The van der Waals surface area contributed by atoms with E-state index in [4.69, 9.17) is 9.52 Å². The molecule has 0 radical (unpaired) electrons. The number of aromatic carboxylic acids is 1. The summed E-state index contributed by atoms with van der Waals surface area (Å²) in [7, 11) is 0. The van der Waals surface area contributed by atoms with Crippen molar-refractivity contribution < 1.29 is 32.3 Å². The van der Waals surface area contributed by atoms with Crippen LogP contribution in [0.4, 0.5) is 13.2 Å². The zero-order valence-corrected chi connectivity index (χ0v) is 11.0. The van der Waals surface area contributed by atoms with Crippen molar-refractivity contribution in [2.45, 2.75) is 26.4 Å². The molecule has 0 saturated heterocycles. The molecule has 0 fully saturated rings. The number of hydrogen-bond acceptors (Lipinski definition) is 3. The van der Waals surface area contributed by atoms with E-state index in [1.165, 1.54) is 6.92 Å². The average Bonchev–Trinajstić information content (AvgIpc) is 2.78. The summed E-state index contributed by atoms with van der Waals surface area (Å²) in [4.78, 5) is 23.4. The Bertz CT molecular complexity index is 507. The number of carbonyl (C=O) groups excluding carboxylic acids is 1. The second-order valence-electron chi connectivity index (χ2n) is 4.04. The topological polar surface area (TPSA) is 70.8 Å². The van der Waals surface area contributed by atoms with Crippen molar-refractivity contribution in [1.29, 1.82) is 0 Å². The van der Waals surface area contributed by atoms with Crippen LogP contribution in [0.25, 0.3) is 0 Å². The molecule has 0 spiro atoms. The summed E-state index contributed by atoms with van der Waals surface area (Å²) in [5, 5.41) is 8.91. The van der Waals surface area contributed by atoms with Crippen LogP contribution in [0.2, 0.25) is 0 Å². The van der Waals surface area contributed by atoms with Crippen molar-refractivity contribution in [2.24, 2.45) is 0 Å². The summed E-state index contributed by atoms with van der Waals surface area (Å²) >= 11 is 0. The van der Waals surface area contributed by atoms with Gasteiger partial charge < -0.3 is 14.4 Å². The van der Waals surface area contributed by atoms with Crippen LogP contribution < -0.4 is 0 Å². The summed E-state index contributed by atoms with van der Waals surface area (Å²) in [6.45, 7) is 1.44. The Morgan fingerprint density at radius 2 is 1.95 bits per heavy atom. The zero-order valence-electron chi connectivity index (χ0n) is 11.0. The largest absolute Gasteiger partial charge is 0.478 e. The van der Waals surface area contributed by atoms with Crippen LogP contribution in [-0.2, 0) is 6.42 Å². The molecule has 1 aromatic heterocycles. The molecule has 1 heterocycles. The smallest absolute Gasteiger partial charge is 0.406 e. The molecule has 0 unspecified atom stereocenters. The summed E-state index contributed by atoms with van der Waals surface area (Å²) in [5.74, 6) is -2.61. The first-order chi connectivity index (χ1) is 9.19. The number of rotatable bonds is 5. The number of hydrogen-bond donors (Lipinski definition) is 1. The van der Waals surface area contributed by atoms with Crippen LogP contribution in [0.1, 0.15) is 40.5 Å². The zero-order chi connectivity index (χ0) is 15.5. The number of carboxylic acids is 1. The quantitative estimate of drug-likeness (QED) is 0.905. The number of carboxylic acid groups (broad SMARTS) is 1. The Morgan fingerprint density at radius 3 is 2.30 bits per heavy atom. The van der Waals surface area contributed by atoms with Crippen LogP contribution in [0.3, 0.4) is 0 Å². The molecule has 5 nitrogen and oxygen atoms in total. The average molecular weight is 293 g/mol. The first-order valence-electron chi connectivity index (χ1n) is 5.91.